The zero-order valence-corrected chi connectivity index (χ0v) is 9.89. The van der Waals surface area contributed by atoms with Crippen molar-refractivity contribution in [2.45, 2.75) is 39.2 Å². The Hall–Kier alpha value is -0.960. The molecule has 1 nitrogen and oxygen atoms in total. The van der Waals surface area contributed by atoms with E-state index in [-0.39, 0.29) is 0 Å². The molecule has 0 atom stereocenters. The van der Waals surface area contributed by atoms with Crippen molar-refractivity contribution < 1.29 is 8.78 Å². The quantitative estimate of drug-likeness (QED) is 0.786. The maximum absolute atomic E-state index is 13.3. The Labute approximate surface area is 95.9 Å². The summed E-state index contributed by atoms with van der Waals surface area (Å²) >= 11 is 0. The Balaban J connectivity index is 2.46. The highest BCUT2D eigenvalue weighted by Crippen LogP contribution is 2.11. The summed E-state index contributed by atoms with van der Waals surface area (Å²) in [6, 6.07) is 4.79. The highest BCUT2D eigenvalue weighted by atomic mass is 19.2. The Kier molecular flexibility index (Phi) is 5.39. The third-order valence-electron chi connectivity index (χ3n) is 2.84. The van der Waals surface area contributed by atoms with Crippen molar-refractivity contribution in [3.63, 3.8) is 0 Å². The van der Waals surface area contributed by atoms with Crippen LogP contribution in [0.1, 0.15) is 32.3 Å². The molecular formula is C13H19F2N. The van der Waals surface area contributed by atoms with Crippen molar-refractivity contribution in [2.75, 3.05) is 6.54 Å². The van der Waals surface area contributed by atoms with Gasteiger partial charge in [0.1, 0.15) is 0 Å². The minimum atomic E-state index is -0.764. The zero-order valence-electron chi connectivity index (χ0n) is 9.89. The Morgan fingerprint density at radius 3 is 2.50 bits per heavy atom. The molecule has 0 aliphatic rings. The zero-order chi connectivity index (χ0) is 12.0. The summed E-state index contributed by atoms with van der Waals surface area (Å²) in [7, 11) is 0. The Morgan fingerprint density at radius 1 is 1.19 bits per heavy atom. The van der Waals surface area contributed by atoms with Crippen LogP contribution in [0.3, 0.4) is 0 Å². The van der Waals surface area contributed by atoms with E-state index >= 15 is 0 Å². The van der Waals surface area contributed by atoms with E-state index in [1.54, 1.807) is 12.1 Å². The molecule has 0 aliphatic heterocycles. The molecule has 1 rings (SSSR count). The lowest BCUT2D eigenvalue weighted by Gasteiger charge is -2.14. The average Bonchev–Trinajstić information content (AvgIpc) is 2.30. The SMILES string of the molecule is CCC(CC)NCCc1cccc(F)c1F. The topological polar surface area (TPSA) is 12.0 Å². The molecule has 1 N–H and O–H groups in total. The van der Waals surface area contributed by atoms with Crippen LogP contribution in [0.5, 0.6) is 0 Å². The smallest absolute Gasteiger partial charge is 0.162 e. The van der Waals surface area contributed by atoms with E-state index in [1.165, 1.54) is 0 Å². The van der Waals surface area contributed by atoms with Gasteiger partial charge in [-0.3, -0.25) is 0 Å². The summed E-state index contributed by atoms with van der Waals surface area (Å²) in [4.78, 5) is 0. The summed E-state index contributed by atoms with van der Waals surface area (Å²) in [5.41, 5.74) is 0.443. The lowest BCUT2D eigenvalue weighted by Crippen LogP contribution is -2.29. The van der Waals surface area contributed by atoms with Crippen molar-refractivity contribution in [3.8, 4) is 0 Å². The van der Waals surface area contributed by atoms with E-state index in [4.69, 9.17) is 0 Å². The minimum absolute atomic E-state index is 0.443. The van der Waals surface area contributed by atoms with Gasteiger partial charge in [-0.2, -0.15) is 0 Å². The summed E-state index contributed by atoms with van der Waals surface area (Å²) in [5.74, 6) is -1.48. The maximum atomic E-state index is 13.3. The molecule has 16 heavy (non-hydrogen) atoms. The van der Waals surface area contributed by atoms with Crippen LogP contribution < -0.4 is 5.32 Å². The second kappa shape index (κ2) is 6.59. The summed E-state index contributed by atoms with van der Waals surface area (Å²) in [6.45, 7) is 4.92. The van der Waals surface area contributed by atoms with Gasteiger partial charge in [0, 0.05) is 6.04 Å². The molecule has 0 amide bonds. The van der Waals surface area contributed by atoms with Gasteiger partial charge in [-0.05, 0) is 37.4 Å². The lowest BCUT2D eigenvalue weighted by molar-refractivity contribution is 0.473. The normalized spacial score (nSPS) is 11.1. The molecule has 0 radical (unpaired) electrons. The molecule has 0 aromatic heterocycles. The number of halogens is 2. The van der Waals surface area contributed by atoms with Crippen LogP contribution in [0, 0.1) is 11.6 Å². The average molecular weight is 227 g/mol. The van der Waals surface area contributed by atoms with Crippen LogP contribution in [-0.4, -0.2) is 12.6 Å². The molecule has 0 heterocycles. The second-order valence-corrected chi connectivity index (χ2v) is 3.93. The maximum Gasteiger partial charge on any atom is 0.162 e. The number of nitrogens with one attached hydrogen (secondary N) is 1. The van der Waals surface area contributed by atoms with Crippen LogP contribution in [0.4, 0.5) is 8.78 Å². The van der Waals surface area contributed by atoms with Gasteiger partial charge in [-0.15, -0.1) is 0 Å². The molecule has 0 unspecified atom stereocenters. The monoisotopic (exact) mass is 227 g/mol. The van der Waals surface area contributed by atoms with Gasteiger partial charge < -0.3 is 5.32 Å². The van der Waals surface area contributed by atoms with Crippen molar-refractivity contribution in [1.29, 1.82) is 0 Å². The largest absolute Gasteiger partial charge is 0.314 e. The van der Waals surface area contributed by atoms with E-state index in [2.05, 4.69) is 19.2 Å². The molecule has 1 aromatic rings. The van der Waals surface area contributed by atoms with Crippen LogP contribution >= 0.6 is 0 Å². The minimum Gasteiger partial charge on any atom is -0.314 e. The van der Waals surface area contributed by atoms with Crippen molar-refractivity contribution in [2.24, 2.45) is 0 Å². The van der Waals surface area contributed by atoms with Gasteiger partial charge in [0.25, 0.3) is 0 Å². The van der Waals surface area contributed by atoms with E-state index in [0.717, 1.165) is 18.9 Å². The van der Waals surface area contributed by atoms with E-state index in [1.807, 2.05) is 0 Å². The standard InChI is InChI=1S/C13H19F2N/c1-3-11(4-2)16-9-8-10-6-5-7-12(14)13(10)15/h5-7,11,16H,3-4,8-9H2,1-2H3. The summed E-state index contributed by atoms with van der Waals surface area (Å²) in [6.07, 6.45) is 2.64. The summed E-state index contributed by atoms with van der Waals surface area (Å²) < 4.78 is 26.2. The highest BCUT2D eigenvalue weighted by molar-refractivity contribution is 5.19. The molecule has 90 valence electrons. The number of hydrogen-bond donors (Lipinski definition) is 1. The number of hydrogen-bond acceptors (Lipinski definition) is 1. The highest BCUT2D eigenvalue weighted by Gasteiger charge is 2.07. The van der Waals surface area contributed by atoms with Gasteiger partial charge in [0.05, 0.1) is 0 Å². The van der Waals surface area contributed by atoms with Crippen molar-refractivity contribution >= 4 is 0 Å². The predicted octanol–water partition coefficient (Wildman–Crippen LogP) is 3.29. The van der Waals surface area contributed by atoms with Gasteiger partial charge >= 0.3 is 0 Å². The molecule has 0 bridgehead atoms. The van der Waals surface area contributed by atoms with Gasteiger partial charge in [0.2, 0.25) is 0 Å². The third kappa shape index (κ3) is 3.56. The third-order valence-corrected chi connectivity index (χ3v) is 2.84. The number of benzene rings is 1. The Morgan fingerprint density at radius 2 is 1.88 bits per heavy atom. The molecular weight excluding hydrogens is 208 g/mol. The first-order valence-corrected chi connectivity index (χ1v) is 5.85. The van der Waals surface area contributed by atoms with Gasteiger partial charge in [0.15, 0.2) is 11.6 Å². The van der Waals surface area contributed by atoms with Crippen LogP contribution in [0.25, 0.3) is 0 Å². The molecule has 0 saturated heterocycles. The summed E-state index contributed by atoms with van der Waals surface area (Å²) in [5, 5.41) is 3.33. The van der Waals surface area contributed by atoms with Crippen LogP contribution in [0.15, 0.2) is 18.2 Å². The van der Waals surface area contributed by atoms with Gasteiger partial charge in [-0.25, -0.2) is 8.78 Å². The van der Waals surface area contributed by atoms with E-state index in [0.29, 0.717) is 24.6 Å². The molecule has 0 aliphatic carbocycles. The van der Waals surface area contributed by atoms with E-state index in [9.17, 15) is 8.78 Å². The predicted molar refractivity (Wildman–Crippen MR) is 62.4 cm³/mol. The van der Waals surface area contributed by atoms with Gasteiger partial charge in [-0.1, -0.05) is 26.0 Å². The van der Waals surface area contributed by atoms with Crippen molar-refractivity contribution in [1.82, 2.24) is 5.32 Å². The fourth-order valence-corrected chi connectivity index (χ4v) is 1.73. The molecule has 1 aromatic carbocycles. The molecule has 0 fully saturated rings. The molecule has 0 spiro atoms. The fourth-order valence-electron chi connectivity index (χ4n) is 1.73. The van der Waals surface area contributed by atoms with Crippen LogP contribution in [0.2, 0.25) is 0 Å². The second-order valence-electron chi connectivity index (χ2n) is 3.93. The number of rotatable bonds is 6. The fraction of sp³-hybridized carbons (Fsp3) is 0.538. The lowest BCUT2D eigenvalue weighted by atomic mass is 10.1. The Bertz CT molecular complexity index is 322. The first-order chi connectivity index (χ1) is 7.69. The van der Waals surface area contributed by atoms with Crippen molar-refractivity contribution in [3.05, 3.63) is 35.4 Å². The van der Waals surface area contributed by atoms with E-state index < -0.39 is 11.6 Å². The first kappa shape index (κ1) is 13.1. The first-order valence-electron chi connectivity index (χ1n) is 5.85. The van der Waals surface area contributed by atoms with Crippen LogP contribution in [-0.2, 0) is 6.42 Å². The molecule has 3 heteroatoms. The molecule has 0 saturated carbocycles.